The summed E-state index contributed by atoms with van der Waals surface area (Å²) < 4.78 is 56.9. The minimum atomic E-state index is -1.27. The van der Waals surface area contributed by atoms with Crippen molar-refractivity contribution in [1.82, 2.24) is 29.4 Å². The first-order valence-electron chi connectivity index (χ1n) is 20.0. The number of hydrogen-bond acceptors (Lipinski definition) is 11. The third-order valence-electron chi connectivity index (χ3n) is 10.5. The van der Waals surface area contributed by atoms with Crippen LogP contribution >= 0.6 is 22.6 Å². The average molecular weight is 926 g/mol. The van der Waals surface area contributed by atoms with Gasteiger partial charge in [-0.1, -0.05) is 37.8 Å². The molecule has 13 nitrogen and oxygen atoms in total. The number of nitrogens with zero attached hydrogens (tertiary/aromatic N) is 8. The molecule has 0 spiro atoms. The van der Waals surface area contributed by atoms with Crippen LogP contribution < -0.4 is 15.1 Å². The molecule has 1 N–H and O–H groups in total. The number of carbonyl (C=O) groups excluding carboxylic acids is 2. The summed E-state index contributed by atoms with van der Waals surface area (Å²) in [7, 11) is 0. The van der Waals surface area contributed by atoms with Gasteiger partial charge in [-0.15, -0.1) is 0 Å². The number of fused-ring (bicyclic) bond motifs is 1. The van der Waals surface area contributed by atoms with Crippen molar-refractivity contribution in [2.24, 2.45) is 0 Å². The quantitative estimate of drug-likeness (QED) is 0.0569. The van der Waals surface area contributed by atoms with Crippen LogP contribution in [-0.2, 0) is 14.3 Å². The summed E-state index contributed by atoms with van der Waals surface area (Å²) in [6, 6.07) is 14.2. The molecule has 2 saturated heterocycles. The van der Waals surface area contributed by atoms with Crippen molar-refractivity contribution in [3.63, 3.8) is 0 Å². The van der Waals surface area contributed by atoms with E-state index < -0.39 is 28.9 Å². The Morgan fingerprint density at radius 1 is 0.780 bits per heavy atom. The molecule has 0 unspecified atom stereocenters. The van der Waals surface area contributed by atoms with E-state index in [9.17, 15) is 22.8 Å². The number of hydrogen-bond donors (Lipinski definition) is 1. The van der Waals surface area contributed by atoms with Gasteiger partial charge in [-0.25, -0.2) is 18.2 Å². The number of unbranched alkanes of at least 4 members (excludes halogenated alkanes) is 5. The second-order valence-electron chi connectivity index (χ2n) is 14.6. The number of morpholine rings is 1. The zero-order chi connectivity index (χ0) is 41.3. The van der Waals surface area contributed by atoms with Crippen LogP contribution in [0.4, 0.5) is 36.4 Å². The first-order chi connectivity index (χ1) is 28.7. The van der Waals surface area contributed by atoms with Crippen LogP contribution in [0.15, 0.2) is 54.6 Å². The first-order valence-corrected chi connectivity index (χ1v) is 21.1. The van der Waals surface area contributed by atoms with Crippen molar-refractivity contribution in [1.29, 1.82) is 0 Å². The van der Waals surface area contributed by atoms with Crippen molar-refractivity contribution in [3.8, 4) is 5.95 Å². The minimum absolute atomic E-state index is 0.0755. The smallest absolute Gasteiger partial charge is 0.242 e. The van der Waals surface area contributed by atoms with Crippen molar-refractivity contribution in [2.45, 2.75) is 51.9 Å². The molecule has 17 heteroatoms. The van der Waals surface area contributed by atoms with Crippen LogP contribution in [0.1, 0.15) is 61.1 Å². The number of amides is 1. The van der Waals surface area contributed by atoms with Crippen molar-refractivity contribution in [2.75, 3.05) is 80.8 Å². The molecule has 2 fully saturated rings. The number of aryl methyl sites for hydroxylation is 1. The van der Waals surface area contributed by atoms with E-state index in [-0.39, 0.29) is 23.8 Å². The fourth-order valence-corrected chi connectivity index (χ4v) is 7.72. The summed E-state index contributed by atoms with van der Waals surface area (Å²) >= 11 is 1.94. The highest BCUT2D eigenvalue weighted by Gasteiger charge is 2.26. The maximum absolute atomic E-state index is 14.7. The molecule has 0 radical (unpaired) electrons. The lowest BCUT2D eigenvalue weighted by Crippen LogP contribution is -2.49. The second kappa shape index (κ2) is 19.9. The van der Waals surface area contributed by atoms with Gasteiger partial charge in [-0.3, -0.25) is 14.2 Å². The summed E-state index contributed by atoms with van der Waals surface area (Å²) in [4.78, 5) is 51.6. The topological polar surface area (TPSA) is 131 Å². The number of benzene rings is 3. The van der Waals surface area contributed by atoms with Crippen LogP contribution in [0.5, 0.6) is 0 Å². The highest BCUT2D eigenvalue weighted by atomic mass is 127. The maximum atomic E-state index is 14.7. The predicted octanol–water partition coefficient (Wildman–Crippen LogP) is 7.40. The molecular formula is C42H47F3IN9O4. The van der Waals surface area contributed by atoms with E-state index in [1.54, 1.807) is 6.07 Å². The summed E-state index contributed by atoms with van der Waals surface area (Å²) in [5.74, 6) is -0.979. The van der Waals surface area contributed by atoms with Gasteiger partial charge in [0, 0.05) is 61.4 Å². The average Bonchev–Trinajstić information content (AvgIpc) is 3.59. The molecule has 1 amide bonds. The Morgan fingerprint density at radius 3 is 2.20 bits per heavy atom. The second-order valence-corrected chi connectivity index (χ2v) is 15.8. The lowest BCUT2D eigenvalue weighted by molar-refractivity contribution is -0.131. The molecule has 2 aliphatic heterocycles. The number of imidazole rings is 1. The van der Waals surface area contributed by atoms with E-state index >= 15 is 0 Å². The van der Waals surface area contributed by atoms with Crippen LogP contribution in [0.2, 0.25) is 0 Å². The molecule has 5 aromatic rings. The number of halogens is 4. The predicted molar refractivity (Wildman–Crippen MR) is 227 cm³/mol. The highest BCUT2D eigenvalue weighted by Crippen LogP contribution is 2.29. The van der Waals surface area contributed by atoms with Crippen LogP contribution in [-0.4, -0.2) is 107 Å². The van der Waals surface area contributed by atoms with Crippen molar-refractivity contribution >= 4 is 68.6 Å². The zero-order valence-corrected chi connectivity index (χ0v) is 35.1. The molecule has 0 aliphatic carbocycles. The van der Waals surface area contributed by atoms with E-state index in [2.05, 4.69) is 15.1 Å². The van der Waals surface area contributed by atoms with Gasteiger partial charge in [0.15, 0.2) is 17.4 Å². The molecule has 0 atom stereocenters. The Hall–Kier alpha value is -4.88. The molecule has 0 saturated carbocycles. The number of carbonyl (C=O) groups is 2. The van der Waals surface area contributed by atoms with E-state index in [0.29, 0.717) is 86.9 Å². The van der Waals surface area contributed by atoms with Gasteiger partial charge in [-0.2, -0.15) is 15.0 Å². The van der Waals surface area contributed by atoms with Crippen LogP contribution in [0, 0.1) is 27.9 Å². The van der Waals surface area contributed by atoms with Gasteiger partial charge in [0.25, 0.3) is 0 Å². The van der Waals surface area contributed by atoms with E-state index in [0.717, 1.165) is 61.4 Å². The summed E-state index contributed by atoms with van der Waals surface area (Å²) in [5, 5.41) is 2.54. The molecule has 59 heavy (non-hydrogen) atoms. The fraction of sp³-hybridized carbons (Fsp3) is 0.429. The zero-order valence-electron chi connectivity index (χ0n) is 32.9. The van der Waals surface area contributed by atoms with Gasteiger partial charge in [0.05, 0.1) is 35.6 Å². The Balaban J connectivity index is 0.816. The standard InChI is InChI=1S/C42H47F3IN9O4/c1-28-47-34-10-7-8-11-35(34)55(28)42-50-40(49-41(51-42)54-21-24-58-25-22-54)53-19-17-52(18-20-53)37(57)12-6-4-2-3-5-9-23-59-27-36(56)30-14-15-31(43)38(45)39(30)48-33-16-13-29(46)26-32(33)44/h7-8,10-11,13-16,26,48H,2-6,9,12,17-25,27H2,1H3. The number of ether oxygens (including phenoxy) is 2. The van der Waals surface area contributed by atoms with E-state index in [4.69, 9.17) is 29.4 Å². The SMILES string of the molecule is Cc1nc2ccccc2n1-c1nc(N2CCOCC2)nc(N2CCN(C(=O)CCCCCCCCOCC(=O)c3ccc(F)c(F)c3Nc3ccc(I)cc3F)CC2)n1. The normalized spacial score (nSPS) is 14.6. The first kappa shape index (κ1) is 42.3. The number of nitrogens with one attached hydrogen (secondary N) is 1. The molecule has 2 aromatic heterocycles. The number of ketones is 1. The molecular weight excluding hydrogens is 878 g/mol. The monoisotopic (exact) mass is 925 g/mol. The van der Waals surface area contributed by atoms with Crippen LogP contribution in [0.25, 0.3) is 17.0 Å². The number of aromatic nitrogens is 5. The third-order valence-corrected chi connectivity index (χ3v) is 11.2. The minimum Gasteiger partial charge on any atom is -0.378 e. The largest absolute Gasteiger partial charge is 0.378 e. The van der Waals surface area contributed by atoms with Crippen molar-refractivity contribution in [3.05, 3.63) is 87.0 Å². The molecule has 0 bridgehead atoms. The summed E-state index contributed by atoms with van der Waals surface area (Å²) in [6.45, 7) is 6.94. The number of anilines is 4. The highest BCUT2D eigenvalue weighted by molar-refractivity contribution is 14.1. The summed E-state index contributed by atoms with van der Waals surface area (Å²) in [6.07, 6.45) is 5.76. The molecule has 7 rings (SSSR count). The Kier molecular flexibility index (Phi) is 14.3. The molecule has 2 aliphatic rings. The Labute approximate surface area is 354 Å². The number of para-hydroxylation sites is 2. The molecule has 312 valence electrons. The molecule has 4 heterocycles. The fourth-order valence-electron chi connectivity index (χ4n) is 7.26. The van der Waals surface area contributed by atoms with Gasteiger partial charge in [-0.05, 0) is 84.8 Å². The summed E-state index contributed by atoms with van der Waals surface area (Å²) in [5.41, 5.74) is 1.17. The lowest BCUT2D eigenvalue weighted by atomic mass is 10.1. The van der Waals surface area contributed by atoms with E-state index in [1.807, 2.05) is 63.2 Å². The van der Waals surface area contributed by atoms with Crippen LogP contribution in [0.3, 0.4) is 0 Å². The molecule has 3 aromatic carbocycles. The van der Waals surface area contributed by atoms with Crippen molar-refractivity contribution < 1.29 is 32.2 Å². The number of Topliss-reactive ketones (excluding diaryl/α,β-unsaturated/α-hetero) is 1. The number of rotatable bonds is 17. The van der Waals surface area contributed by atoms with E-state index in [1.165, 1.54) is 18.2 Å². The lowest BCUT2D eigenvalue weighted by Gasteiger charge is -2.35. The maximum Gasteiger partial charge on any atom is 0.242 e. The Morgan fingerprint density at radius 2 is 1.46 bits per heavy atom. The number of piperazine rings is 1. The van der Waals surface area contributed by atoms with Gasteiger partial charge in [0.1, 0.15) is 18.2 Å². The van der Waals surface area contributed by atoms with Gasteiger partial charge in [0.2, 0.25) is 23.8 Å². The van der Waals surface area contributed by atoms with Gasteiger partial charge >= 0.3 is 0 Å². The Bertz CT molecular complexity index is 2260. The third kappa shape index (κ3) is 10.5. The van der Waals surface area contributed by atoms with Gasteiger partial charge < -0.3 is 29.5 Å².